The molecule has 6 heteroatoms. The highest BCUT2D eigenvalue weighted by Crippen LogP contribution is 2.23. The van der Waals surface area contributed by atoms with Crippen molar-refractivity contribution in [2.45, 2.75) is 0 Å². The Morgan fingerprint density at radius 1 is 0.897 bits per heavy atom. The van der Waals surface area contributed by atoms with Crippen LogP contribution in [0, 0.1) is 0 Å². The molecule has 144 valence electrons. The molecule has 0 bridgehead atoms. The number of hydrogen-bond donors (Lipinski definition) is 0. The largest absolute Gasteiger partial charge is 0.497 e. The summed E-state index contributed by atoms with van der Waals surface area (Å²) >= 11 is 0. The minimum absolute atomic E-state index is 0.243. The van der Waals surface area contributed by atoms with Gasteiger partial charge in [0.1, 0.15) is 11.5 Å². The van der Waals surface area contributed by atoms with Crippen molar-refractivity contribution in [3.63, 3.8) is 0 Å². The molecule has 0 atom stereocenters. The summed E-state index contributed by atoms with van der Waals surface area (Å²) in [6, 6.07) is 22.1. The summed E-state index contributed by atoms with van der Waals surface area (Å²) in [6.45, 7) is 0. The number of benzene rings is 3. The van der Waals surface area contributed by atoms with Gasteiger partial charge in [-0.1, -0.05) is 36.4 Å². The number of aromatic nitrogens is 2. The predicted octanol–water partition coefficient (Wildman–Crippen LogP) is 3.96. The number of para-hydroxylation sites is 1. The van der Waals surface area contributed by atoms with Crippen LogP contribution in [-0.4, -0.2) is 30.1 Å². The van der Waals surface area contributed by atoms with Crippen LogP contribution in [0.15, 0.2) is 82.7 Å². The summed E-state index contributed by atoms with van der Waals surface area (Å²) < 4.78 is 11.9. The highest BCUT2D eigenvalue weighted by molar-refractivity contribution is 5.82. The fourth-order valence-electron chi connectivity index (χ4n) is 3.03. The molecule has 0 N–H and O–H groups in total. The maximum absolute atomic E-state index is 13.2. The SMILES string of the molecule is COc1cccc(C=Nn2c(-c3cccc(OC)c3)nc3ccccc3c2=O)c1. The van der Waals surface area contributed by atoms with Gasteiger partial charge in [0.05, 0.1) is 31.3 Å². The zero-order valence-electron chi connectivity index (χ0n) is 16.1. The monoisotopic (exact) mass is 385 g/mol. The van der Waals surface area contributed by atoms with Gasteiger partial charge in [0, 0.05) is 5.56 Å². The minimum atomic E-state index is -0.243. The van der Waals surface area contributed by atoms with E-state index in [-0.39, 0.29) is 5.56 Å². The van der Waals surface area contributed by atoms with E-state index in [1.165, 1.54) is 4.68 Å². The molecule has 4 rings (SSSR count). The second kappa shape index (κ2) is 7.98. The number of methoxy groups -OCH3 is 2. The zero-order chi connectivity index (χ0) is 20.2. The molecule has 4 aromatic rings. The van der Waals surface area contributed by atoms with Crippen LogP contribution in [0.3, 0.4) is 0 Å². The maximum Gasteiger partial charge on any atom is 0.282 e. The Kier molecular flexibility index (Phi) is 5.07. The number of hydrogen-bond acceptors (Lipinski definition) is 5. The van der Waals surface area contributed by atoms with Crippen LogP contribution < -0.4 is 15.0 Å². The van der Waals surface area contributed by atoms with E-state index in [4.69, 9.17) is 14.5 Å². The summed E-state index contributed by atoms with van der Waals surface area (Å²) in [5.41, 5.74) is 1.91. The highest BCUT2D eigenvalue weighted by Gasteiger charge is 2.13. The van der Waals surface area contributed by atoms with Gasteiger partial charge in [0.25, 0.3) is 5.56 Å². The standard InChI is InChI=1S/C23H19N3O3/c1-28-18-9-5-7-16(13-18)15-24-26-22(17-8-6-10-19(14-17)29-2)25-21-12-4-3-11-20(21)23(26)27/h3-15H,1-2H3. The Hall–Kier alpha value is -3.93. The Morgan fingerprint density at radius 3 is 2.41 bits per heavy atom. The van der Waals surface area contributed by atoms with Gasteiger partial charge >= 0.3 is 0 Å². The molecule has 6 nitrogen and oxygen atoms in total. The third kappa shape index (κ3) is 3.73. The van der Waals surface area contributed by atoms with E-state index in [1.807, 2.05) is 66.7 Å². The molecule has 1 heterocycles. The fourth-order valence-corrected chi connectivity index (χ4v) is 3.03. The molecule has 0 unspecified atom stereocenters. The van der Waals surface area contributed by atoms with Gasteiger partial charge in [0.2, 0.25) is 0 Å². The summed E-state index contributed by atoms with van der Waals surface area (Å²) in [5, 5.41) is 4.96. The van der Waals surface area contributed by atoms with Gasteiger partial charge < -0.3 is 9.47 Å². The van der Waals surface area contributed by atoms with E-state index < -0.39 is 0 Å². The van der Waals surface area contributed by atoms with Crippen molar-refractivity contribution in [1.82, 2.24) is 9.66 Å². The molecule has 0 spiro atoms. The van der Waals surface area contributed by atoms with E-state index >= 15 is 0 Å². The molecule has 0 aliphatic carbocycles. The Bertz CT molecular complexity index is 1260. The average molecular weight is 385 g/mol. The van der Waals surface area contributed by atoms with Crippen LogP contribution in [-0.2, 0) is 0 Å². The van der Waals surface area contributed by atoms with Crippen molar-refractivity contribution in [3.8, 4) is 22.9 Å². The molecule has 0 amide bonds. The van der Waals surface area contributed by atoms with E-state index in [0.717, 1.165) is 11.1 Å². The number of fused-ring (bicyclic) bond motifs is 1. The summed E-state index contributed by atoms with van der Waals surface area (Å²) in [4.78, 5) is 17.9. The lowest BCUT2D eigenvalue weighted by Crippen LogP contribution is -2.20. The van der Waals surface area contributed by atoms with Gasteiger partial charge in [-0.3, -0.25) is 4.79 Å². The van der Waals surface area contributed by atoms with Gasteiger partial charge in [-0.2, -0.15) is 9.78 Å². The number of nitrogens with zero attached hydrogens (tertiary/aromatic N) is 3. The molecule has 0 fully saturated rings. The number of ether oxygens (including phenoxy) is 2. The summed E-state index contributed by atoms with van der Waals surface area (Å²) in [7, 11) is 3.20. The first-order valence-electron chi connectivity index (χ1n) is 9.04. The molecular formula is C23H19N3O3. The molecule has 0 aliphatic rings. The van der Waals surface area contributed by atoms with Gasteiger partial charge in [-0.15, -0.1) is 0 Å². The van der Waals surface area contributed by atoms with Crippen molar-refractivity contribution in [3.05, 3.63) is 88.7 Å². The summed E-state index contributed by atoms with van der Waals surface area (Å²) in [6.07, 6.45) is 1.62. The third-order valence-electron chi connectivity index (χ3n) is 4.50. The Morgan fingerprint density at radius 2 is 1.62 bits per heavy atom. The van der Waals surface area contributed by atoms with Crippen LogP contribution >= 0.6 is 0 Å². The van der Waals surface area contributed by atoms with E-state index in [1.54, 1.807) is 26.5 Å². The third-order valence-corrected chi connectivity index (χ3v) is 4.50. The van der Waals surface area contributed by atoms with Crippen LogP contribution in [0.5, 0.6) is 11.5 Å². The molecule has 0 saturated heterocycles. The van der Waals surface area contributed by atoms with Crippen LogP contribution in [0.4, 0.5) is 0 Å². The lowest BCUT2D eigenvalue weighted by Gasteiger charge is -2.10. The van der Waals surface area contributed by atoms with Gasteiger partial charge in [0.15, 0.2) is 5.82 Å². The topological polar surface area (TPSA) is 65.7 Å². The molecule has 0 aliphatic heterocycles. The lowest BCUT2D eigenvalue weighted by atomic mass is 10.2. The van der Waals surface area contributed by atoms with Gasteiger partial charge in [-0.25, -0.2) is 4.98 Å². The Labute approximate surface area is 167 Å². The first-order valence-corrected chi connectivity index (χ1v) is 9.04. The van der Waals surface area contributed by atoms with Gasteiger partial charge in [-0.05, 0) is 42.0 Å². The molecular weight excluding hydrogens is 366 g/mol. The molecule has 1 aromatic heterocycles. The first kappa shape index (κ1) is 18.4. The smallest absolute Gasteiger partial charge is 0.282 e. The normalized spacial score (nSPS) is 11.1. The van der Waals surface area contributed by atoms with Crippen molar-refractivity contribution in [2.75, 3.05) is 14.2 Å². The minimum Gasteiger partial charge on any atom is -0.497 e. The predicted molar refractivity (Wildman–Crippen MR) is 114 cm³/mol. The molecule has 29 heavy (non-hydrogen) atoms. The second-order valence-electron chi connectivity index (χ2n) is 6.32. The van der Waals surface area contributed by atoms with Crippen molar-refractivity contribution in [2.24, 2.45) is 5.10 Å². The zero-order valence-corrected chi connectivity index (χ0v) is 16.1. The van der Waals surface area contributed by atoms with E-state index in [0.29, 0.717) is 28.2 Å². The molecule has 0 saturated carbocycles. The maximum atomic E-state index is 13.2. The number of rotatable bonds is 5. The molecule has 0 radical (unpaired) electrons. The van der Waals surface area contributed by atoms with Crippen LogP contribution in [0.1, 0.15) is 5.56 Å². The van der Waals surface area contributed by atoms with Crippen LogP contribution in [0.2, 0.25) is 0 Å². The first-order chi connectivity index (χ1) is 14.2. The lowest BCUT2D eigenvalue weighted by molar-refractivity contribution is 0.414. The van der Waals surface area contributed by atoms with Crippen LogP contribution in [0.25, 0.3) is 22.3 Å². The quantitative estimate of drug-likeness (QED) is 0.488. The summed E-state index contributed by atoms with van der Waals surface area (Å²) in [5.74, 6) is 1.82. The van der Waals surface area contributed by atoms with Crippen molar-refractivity contribution in [1.29, 1.82) is 0 Å². The van der Waals surface area contributed by atoms with Crippen molar-refractivity contribution < 1.29 is 9.47 Å². The molecule has 3 aromatic carbocycles. The van der Waals surface area contributed by atoms with E-state index in [9.17, 15) is 4.79 Å². The average Bonchev–Trinajstić information content (AvgIpc) is 2.78. The fraction of sp³-hybridized carbons (Fsp3) is 0.0870. The van der Waals surface area contributed by atoms with Crippen molar-refractivity contribution >= 4 is 17.1 Å². The second-order valence-corrected chi connectivity index (χ2v) is 6.32. The Balaban J connectivity index is 1.91. The highest BCUT2D eigenvalue weighted by atomic mass is 16.5. The van der Waals surface area contributed by atoms with E-state index in [2.05, 4.69) is 5.10 Å².